The van der Waals surface area contributed by atoms with Crippen LogP contribution in [0.15, 0.2) is 11.4 Å². The maximum absolute atomic E-state index is 11.5. The Bertz CT molecular complexity index is 598. The summed E-state index contributed by atoms with van der Waals surface area (Å²) >= 11 is 3.05. The van der Waals surface area contributed by atoms with E-state index < -0.39 is 0 Å². The average Bonchev–Trinajstić information content (AvgIpc) is 2.70. The Labute approximate surface area is 119 Å². The Hall–Kier alpha value is -1.18. The first-order valence-electron chi connectivity index (χ1n) is 5.87. The standard InChI is InChI=1S/C12H15N3O2S2/c1-4-17-15-9(16)5-18-11-10-7(2)8(3)19-12(10)14-6-13-11/h6H,4-5H2,1-3H3,(H,15,16). The molecular weight excluding hydrogens is 282 g/mol. The summed E-state index contributed by atoms with van der Waals surface area (Å²) in [7, 11) is 0. The van der Waals surface area contributed by atoms with Crippen LogP contribution in [0.4, 0.5) is 0 Å². The van der Waals surface area contributed by atoms with Crippen LogP contribution in [-0.4, -0.2) is 28.2 Å². The lowest BCUT2D eigenvalue weighted by atomic mass is 10.2. The fourth-order valence-corrected chi connectivity index (χ4v) is 3.48. The first-order valence-corrected chi connectivity index (χ1v) is 7.67. The van der Waals surface area contributed by atoms with Gasteiger partial charge in [-0.25, -0.2) is 15.4 Å². The molecule has 0 spiro atoms. The molecule has 0 aliphatic carbocycles. The molecule has 0 aliphatic rings. The van der Waals surface area contributed by atoms with Crippen LogP contribution >= 0.6 is 23.1 Å². The van der Waals surface area contributed by atoms with Gasteiger partial charge in [0.05, 0.1) is 12.4 Å². The number of nitrogens with one attached hydrogen (secondary N) is 1. The van der Waals surface area contributed by atoms with E-state index in [1.54, 1.807) is 17.7 Å². The van der Waals surface area contributed by atoms with Gasteiger partial charge in [-0.05, 0) is 26.3 Å². The molecular formula is C12H15N3O2S2. The van der Waals surface area contributed by atoms with Crippen LogP contribution in [0, 0.1) is 13.8 Å². The molecule has 19 heavy (non-hydrogen) atoms. The van der Waals surface area contributed by atoms with Gasteiger partial charge in [-0.3, -0.25) is 9.63 Å². The molecule has 0 saturated heterocycles. The first kappa shape index (κ1) is 14.2. The highest BCUT2D eigenvalue weighted by atomic mass is 32.2. The molecule has 0 unspecified atom stereocenters. The normalized spacial score (nSPS) is 10.9. The van der Waals surface area contributed by atoms with Gasteiger partial charge in [0.1, 0.15) is 16.2 Å². The zero-order valence-corrected chi connectivity index (χ0v) is 12.7. The molecule has 2 rings (SSSR count). The summed E-state index contributed by atoms with van der Waals surface area (Å²) in [5, 5.41) is 1.90. The third-order valence-electron chi connectivity index (χ3n) is 2.60. The lowest BCUT2D eigenvalue weighted by molar-refractivity contribution is -0.130. The van der Waals surface area contributed by atoms with E-state index in [0.717, 1.165) is 15.2 Å². The highest BCUT2D eigenvalue weighted by molar-refractivity contribution is 8.00. The summed E-state index contributed by atoms with van der Waals surface area (Å²) in [6.45, 7) is 6.40. The minimum atomic E-state index is -0.164. The number of hydrogen-bond donors (Lipinski definition) is 1. The second kappa shape index (κ2) is 6.31. The van der Waals surface area contributed by atoms with Crippen LogP contribution < -0.4 is 5.48 Å². The molecule has 7 heteroatoms. The Kier molecular flexibility index (Phi) is 4.73. The topological polar surface area (TPSA) is 64.1 Å². The molecule has 0 radical (unpaired) electrons. The molecule has 0 aliphatic heterocycles. The number of hydroxylamine groups is 1. The van der Waals surface area contributed by atoms with Crippen molar-refractivity contribution in [1.29, 1.82) is 0 Å². The molecule has 1 N–H and O–H groups in total. The monoisotopic (exact) mass is 297 g/mol. The molecule has 0 aromatic carbocycles. The highest BCUT2D eigenvalue weighted by Gasteiger charge is 2.13. The number of amides is 1. The molecule has 0 bridgehead atoms. The van der Waals surface area contributed by atoms with Crippen LogP contribution in [0.1, 0.15) is 17.4 Å². The fraction of sp³-hybridized carbons (Fsp3) is 0.417. The van der Waals surface area contributed by atoms with Crippen LogP contribution in [0.5, 0.6) is 0 Å². The van der Waals surface area contributed by atoms with Gasteiger partial charge in [-0.15, -0.1) is 11.3 Å². The van der Waals surface area contributed by atoms with Gasteiger partial charge >= 0.3 is 0 Å². The number of thiophene rings is 1. The number of aromatic nitrogens is 2. The van der Waals surface area contributed by atoms with E-state index in [4.69, 9.17) is 4.84 Å². The first-order chi connectivity index (χ1) is 9.13. The third-order valence-corrected chi connectivity index (χ3v) is 4.71. The largest absolute Gasteiger partial charge is 0.274 e. The van der Waals surface area contributed by atoms with Crippen LogP contribution in [0.3, 0.4) is 0 Å². The maximum atomic E-state index is 11.5. The Morgan fingerprint density at radius 1 is 1.47 bits per heavy atom. The van der Waals surface area contributed by atoms with Crippen molar-refractivity contribution in [2.75, 3.05) is 12.4 Å². The van der Waals surface area contributed by atoms with E-state index in [0.29, 0.717) is 6.61 Å². The molecule has 2 aromatic heterocycles. The molecule has 0 fully saturated rings. The molecule has 0 atom stereocenters. The predicted octanol–water partition coefficient (Wildman–Crippen LogP) is 2.47. The Balaban J connectivity index is 2.14. The lowest BCUT2D eigenvalue weighted by Crippen LogP contribution is -2.25. The van der Waals surface area contributed by atoms with E-state index in [2.05, 4.69) is 29.3 Å². The molecule has 102 valence electrons. The van der Waals surface area contributed by atoms with Gasteiger partial charge in [0.15, 0.2) is 0 Å². The number of rotatable bonds is 5. The van der Waals surface area contributed by atoms with Crippen molar-refractivity contribution in [1.82, 2.24) is 15.4 Å². The quantitative estimate of drug-likeness (QED) is 0.522. The van der Waals surface area contributed by atoms with Gasteiger partial charge in [0.2, 0.25) is 0 Å². The second-order valence-electron chi connectivity index (χ2n) is 3.89. The SMILES string of the molecule is CCONC(=O)CSc1ncnc2sc(C)c(C)c12. The minimum absolute atomic E-state index is 0.164. The van der Waals surface area contributed by atoms with Crippen LogP contribution in [0.2, 0.25) is 0 Å². The second-order valence-corrected chi connectivity index (χ2v) is 6.06. The zero-order chi connectivity index (χ0) is 13.8. The number of carbonyl (C=O) groups is 1. The number of fused-ring (bicyclic) bond motifs is 1. The summed E-state index contributed by atoms with van der Waals surface area (Å²) in [5.74, 6) is 0.115. The number of aryl methyl sites for hydroxylation is 2. The van der Waals surface area contributed by atoms with Gasteiger partial charge in [-0.1, -0.05) is 11.8 Å². The van der Waals surface area contributed by atoms with Crippen LogP contribution in [0.25, 0.3) is 10.2 Å². The van der Waals surface area contributed by atoms with Crippen molar-refractivity contribution in [3.63, 3.8) is 0 Å². The summed E-state index contributed by atoms with van der Waals surface area (Å²) in [4.78, 5) is 27.1. The van der Waals surface area contributed by atoms with Gasteiger partial charge in [0.25, 0.3) is 5.91 Å². The van der Waals surface area contributed by atoms with Crippen molar-refractivity contribution in [2.45, 2.75) is 25.8 Å². The molecule has 2 heterocycles. The predicted molar refractivity (Wildman–Crippen MR) is 77.4 cm³/mol. The Morgan fingerprint density at radius 3 is 3.00 bits per heavy atom. The maximum Gasteiger partial charge on any atom is 0.253 e. The van der Waals surface area contributed by atoms with Crippen molar-refractivity contribution in [3.8, 4) is 0 Å². The summed E-state index contributed by atoms with van der Waals surface area (Å²) in [6.07, 6.45) is 1.54. The van der Waals surface area contributed by atoms with E-state index in [9.17, 15) is 4.79 Å². The van der Waals surface area contributed by atoms with Crippen molar-refractivity contribution >= 4 is 39.2 Å². The molecule has 5 nitrogen and oxygen atoms in total. The summed E-state index contributed by atoms with van der Waals surface area (Å²) in [5.41, 5.74) is 3.56. The van der Waals surface area contributed by atoms with Crippen LogP contribution in [-0.2, 0) is 9.63 Å². The van der Waals surface area contributed by atoms with Crippen molar-refractivity contribution < 1.29 is 9.63 Å². The Morgan fingerprint density at radius 2 is 2.26 bits per heavy atom. The van der Waals surface area contributed by atoms with E-state index in [1.807, 2.05) is 6.92 Å². The fourth-order valence-electron chi connectivity index (χ4n) is 1.58. The van der Waals surface area contributed by atoms with Gasteiger partial charge in [0, 0.05) is 10.3 Å². The molecule has 2 aromatic rings. The van der Waals surface area contributed by atoms with Crippen molar-refractivity contribution in [3.05, 3.63) is 16.8 Å². The zero-order valence-electron chi connectivity index (χ0n) is 11.0. The molecule has 1 amide bonds. The van der Waals surface area contributed by atoms with Gasteiger partial charge < -0.3 is 0 Å². The third kappa shape index (κ3) is 3.23. The van der Waals surface area contributed by atoms with E-state index in [-0.39, 0.29) is 11.7 Å². The molecule has 0 saturated carbocycles. The average molecular weight is 297 g/mol. The number of nitrogens with zero attached hydrogens (tertiary/aromatic N) is 2. The van der Waals surface area contributed by atoms with E-state index >= 15 is 0 Å². The van der Waals surface area contributed by atoms with Crippen molar-refractivity contribution in [2.24, 2.45) is 0 Å². The minimum Gasteiger partial charge on any atom is -0.274 e. The number of carbonyl (C=O) groups excluding carboxylic acids is 1. The highest BCUT2D eigenvalue weighted by Crippen LogP contribution is 2.34. The number of thioether (sulfide) groups is 1. The number of hydrogen-bond acceptors (Lipinski definition) is 6. The lowest BCUT2D eigenvalue weighted by Gasteiger charge is -2.04. The smallest absolute Gasteiger partial charge is 0.253 e. The van der Waals surface area contributed by atoms with E-state index in [1.165, 1.54) is 22.2 Å². The summed E-state index contributed by atoms with van der Waals surface area (Å²) in [6, 6.07) is 0. The van der Waals surface area contributed by atoms with Gasteiger partial charge in [-0.2, -0.15) is 0 Å². The summed E-state index contributed by atoms with van der Waals surface area (Å²) < 4.78 is 0.